The Morgan fingerprint density at radius 3 is 2.47 bits per heavy atom. The van der Waals surface area contributed by atoms with Crippen LogP contribution in [0.25, 0.3) is 0 Å². The van der Waals surface area contributed by atoms with Crippen molar-refractivity contribution in [2.45, 2.75) is 24.2 Å². The van der Waals surface area contributed by atoms with Crippen LogP contribution in [0, 0.1) is 0 Å². The van der Waals surface area contributed by atoms with Crippen molar-refractivity contribution in [3.8, 4) is 0 Å². The average Bonchev–Trinajstić information content (AvgIpc) is 2.23. The maximum absolute atomic E-state index is 5.91. The number of unbranched alkanes of at least 4 members (excludes halogenated alkanes) is 2. The highest BCUT2D eigenvalue weighted by Gasteiger charge is 1.99. The molecule has 0 saturated carbocycles. The minimum absolute atomic E-state index is 0.614. The normalized spacial score (nSPS) is 10.6. The van der Waals surface area contributed by atoms with E-state index in [4.69, 9.17) is 34.8 Å². The summed E-state index contributed by atoms with van der Waals surface area (Å²) in [5.74, 6) is 1.87. The van der Waals surface area contributed by atoms with Gasteiger partial charge in [-0.2, -0.15) is 0 Å². The smallest absolute Gasteiger partial charge is 0.0603 e. The van der Waals surface area contributed by atoms with E-state index >= 15 is 0 Å². The van der Waals surface area contributed by atoms with Gasteiger partial charge in [0.1, 0.15) is 0 Å². The number of benzene rings is 1. The molecule has 15 heavy (non-hydrogen) atoms. The lowest BCUT2D eigenvalue weighted by Gasteiger charge is -2.02. The van der Waals surface area contributed by atoms with Crippen molar-refractivity contribution < 1.29 is 0 Å². The summed E-state index contributed by atoms with van der Waals surface area (Å²) in [5.41, 5.74) is 0. The van der Waals surface area contributed by atoms with Crippen LogP contribution < -0.4 is 0 Å². The molecule has 1 rings (SSSR count). The second-order valence-corrected chi connectivity index (χ2v) is 5.53. The van der Waals surface area contributed by atoms with Crippen LogP contribution in [0.3, 0.4) is 0 Å². The van der Waals surface area contributed by atoms with Crippen molar-refractivity contribution in [3.05, 3.63) is 28.2 Å². The summed E-state index contributed by atoms with van der Waals surface area (Å²) in [4.78, 5) is 1.18. The molecule has 0 bridgehead atoms. The first-order chi connectivity index (χ1) is 7.24. The maximum atomic E-state index is 5.91. The molecule has 84 valence electrons. The van der Waals surface area contributed by atoms with E-state index in [1.807, 2.05) is 30.0 Å². The van der Waals surface area contributed by atoms with E-state index in [1.54, 1.807) is 0 Å². The fourth-order valence-corrected chi connectivity index (χ4v) is 2.63. The van der Waals surface area contributed by atoms with E-state index in [-0.39, 0.29) is 0 Å². The van der Waals surface area contributed by atoms with Gasteiger partial charge in [-0.3, -0.25) is 0 Å². The van der Waals surface area contributed by atoms with E-state index < -0.39 is 0 Å². The number of hydrogen-bond donors (Lipinski definition) is 0. The Bertz CT molecular complexity index is 302. The largest absolute Gasteiger partial charge is 0.127 e. The van der Waals surface area contributed by atoms with Gasteiger partial charge in [0.2, 0.25) is 0 Å². The standard InChI is InChI=1S/C11H13Cl3S/c12-6-2-1-3-7-15-9-4-5-10(13)11(14)8-9/h4-5,8H,1-3,6-7H2. The third-order valence-corrected chi connectivity index (χ3v) is 4.02. The lowest BCUT2D eigenvalue weighted by atomic mass is 10.3. The van der Waals surface area contributed by atoms with Crippen LogP contribution in [0.1, 0.15) is 19.3 Å². The van der Waals surface area contributed by atoms with Gasteiger partial charge in [-0.25, -0.2) is 0 Å². The lowest BCUT2D eigenvalue weighted by molar-refractivity contribution is 0.783. The first kappa shape index (κ1) is 13.5. The van der Waals surface area contributed by atoms with Gasteiger partial charge in [0.25, 0.3) is 0 Å². The highest BCUT2D eigenvalue weighted by molar-refractivity contribution is 7.99. The summed E-state index contributed by atoms with van der Waals surface area (Å²) >= 11 is 19.1. The molecule has 0 atom stereocenters. The summed E-state index contributed by atoms with van der Waals surface area (Å²) in [5, 5.41) is 1.24. The third-order valence-electron chi connectivity index (χ3n) is 1.94. The van der Waals surface area contributed by atoms with Gasteiger partial charge in [0.05, 0.1) is 10.0 Å². The fourth-order valence-electron chi connectivity index (χ4n) is 1.13. The van der Waals surface area contributed by atoms with Crippen molar-refractivity contribution in [3.63, 3.8) is 0 Å². The zero-order chi connectivity index (χ0) is 11.1. The SMILES string of the molecule is ClCCCCCSc1ccc(Cl)c(Cl)c1. The molecule has 0 aliphatic rings. The van der Waals surface area contributed by atoms with E-state index in [9.17, 15) is 0 Å². The van der Waals surface area contributed by atoms with Gasteiger partial charge in [0, 0.05) is 10.8 Å². The van der Waals surface area contributed by atoms with Gasteiger partial charge in [-0.1, -0.05) is 29.6 Å². The molecule has 4 heteroatoms. The van der Waals surface area contributed by atoms with E-state index in [0.717, 1.165) is 18.1 Å². The monoisotopic (exact) mass is 282 g/mol. The zero-order valence-corrected chi connectivity index (χ0v) is 11.4. The first-order valence-electron chi connectivity index (χ1n) is 4.88. The minimum atomic E-state index is 0.614. The summed E-state index contributed by atoms with van der Waals surface area (Å²) in [6.07, 6.45) is 3.49. The van der Waals surface area contributed by atoms with Crippen LogP contribution in [0.15, 0.2) is 23.1 Å². The Kier molecular flexibility index (Phi) is 6.91. The molecule has 0 fully saturated rings. The predicted octanol–water partition coefficient (Wildman–Crippen LogP) is 5.49. The van der Waals surface area contributed by atoms with E-state index in [0.29, 0.717) is 10.0 Å². The molecule has 0 amide bonds. The molecule has 0 radical (unpaired) electrons. The van der Waals surface area contributed by atoms with Crippen molar-refractivity contribution in [2.75, 3.05) is 11.6 Å². The Morgan fingerprint density at radius 2 is 1.80 bits per heavy atom. The van der Waals surface area contributed by atoms with Crippen LogP contribution in [0.2, 0.25) is 10.0 Å². The first-order valence-corrected chi connectivity index (χ1v) is 7.15. The molecule has 0 N–H and O–H groups in total. The summed E-state index contributed by atoms with van der Waals surface area (Å²) in [6.45, 7) is 0. The Balaban J connectivity index is 2.28. The summed E-state index contributed by atoms with van der Waals surface area (Å²) in [6, 6.07) is 5.75. The molecule has 0 aliphatic carbocycles. The molecule has 0 aromatic heterocycles. The zero-order valence-electron chi connectivity index (χ0n) is 8.31. The molecule has 0 aliphatic heterocycles. The molecular formula is C11H13Cl3S. The van der Waals surface area contributed by atoms with Crippen molar-refractivity contribution in [1.82, 2.24) is 0 Å². The van der Waals surface area contributed by atoms with Gasteiger partial charge >= 0.3 is 0 Å². The topological polar surface area (TPSA) is 0 Å². The number of alkyl halides is 1. The van der Waals surface area contributed by atoms with Crippen LogP contribution in [0.5, 0.6) is 0 Å². The van der Waals surface area contributed by atoms with Gasteiger partial charge in [-0.15, -0.1) is 23.4 Å². The highest BCUT2D eigenvalue weighted by atomic mass is 35.5. The molecule has 0 saturated heterocycles. The highest BCUT2D eigenvalue weighted by Crippen LogP contribution is 2.28. The van der Waals surface area contributed by atoms with Crippen molar-refractivity contribution >= 4 is 46.6 Å². The maximum Gasteiger partial charge on any atom is 0.0603 e. The molecule has 1 aromatic carbocycles. The van der Waals surface area contributed by atoms with Crippen molar-refractivity contribution in [2.24, 2.45) is 0 Å². The predicted molar refractivity (Wildman–Crippen MR) is 71.8 cm³/mol. The quantitative estimate of drug-likeness (QED) is 0.378. The molecule has 0 nitrogen and oxygen atoms in total. The molecule has 1 aromatic rings. The molecular weight excluding hydrogens is 271 g/mol. The minimum Gasteiger partial charge on any atom is -0.127 e. The Labute approximate surface area is 110 Å². The summed E-state index contributed by atoms with van der Waals surface area (Å²) in [7, 11) is 0. The lowest BCUT2D eigenvalue weighted by Crippen LogP contribution is -1.82. The molecule has 0 spiro atoms. The van der Waals surface area contributed by atoms with Crippen LogP contribution in [-0.4, -0.2) is 11.6 Å². The average molecular weight is 284 g/mol. The number of rotatable bonds is 6. The third kappa shape index (κ3) is 5.35. The number of thioether (sulfide) groups is 1. The van der Waals surface area contributed by atoms with E-state index in [2.05, 4.69) is 0 Å². The Hall–Kier alpha value is 0.440. The second kappa shape index (κ2) is 7.67. The molecule has 0 unspecified atom stereocenters. The van der Waals surface area contributed by atoms with Gasteiger partial charge in [0.15, 0.2) is 0 Å². The van der Waals surface area contributed by atoms with Gasteiger partial charge in [-0.05, 0) is 36.8 Å². The van der Waals surface area contributed by atoms with Crippen LogP contribution in [0.4, 0.5) is 0 Å². The van der Waals surface area contributed by atoms with Gasteiger partial charge < -0.3 is 0 Å². The fraction of sp³-hybridized carbons (Fsp3) is 0.455. The number of hydrogen-bond acceptors (Lipinski definition) is 1. The molecule has 0 heterocycles. The Morgan fingerprint density at radius 1 is 1.00 bits per heavy atom. The summed E-state index contributed by atoms with van der Waals surface area (Å²) < 4.78 is 0. The van der Waals surface area contributed by atoms with Crippen LogP contribution >= 0.6 is 46.6 Å². The second-order valence-electron chi connectivity index (χ2n) is 3.17. The van der Waals surface area contributed by atoms with Crippen molar-refractivity contribution in [1.29, 1.82) is 0 Å². The number of halogens is 3. The van der Waals surface area contributed by atoms with Crippen LogP contribution in [-0.2, 0) is 0 Å². The van der Waals surface area contributed by atoms with E-state index in [1.165, 1.54) is 17.7 Å².